The number of methoxy groups -OCH3 is 1. The van der Waals surface area contributed by atoms with Crippen LogP contribution in [0.4, 0.5) is 5.69 Å². The number of pyridine rings is 1. The zero-order valence-electron chi connectivity index (χ0n) is 12.1. The molecule has 0 aliphatic rings. The van der Waals surface area contributed by atoms with Crippen molar-refractivity contribution in [1.29, 1.82) is 0 Å². The molecular weight excluding hydrogens is 258 g/mol. The summed E-state index contributed by atoms with van der Waals surface area (Å²) in [6.07, 6.45) is 4.20. The quantitative estimate of drug-likeness (QED) is 0.671. The van der Waals surface area contributed by atoms with Gasteiger partial charge in [0, 0.05) is 13.2 Å². The molecule has 0 aliphatic carbocycles. The van der Waals surface area contributed by atoms with E-state index in [1.807, 2.05) is 0 Å². The van der Waals surface area contributed by atoms with E-state index >= 15 is 0 Å². The first-order chi connectivity index (χ1) is 9.67. The minimum Gasteiger partial charge on any atom is -0.475 e. The van der Waals surface area contributed by atoms with E-state index in [0.29, 0.717) is 31.2 Å². The molecule has 0 fully saturated rings. The second kappa shape index (κ2) is 9.28. The van der Waals surface area contributed by atoms with Gasteiger partial charge in [-0.25, -0.2) is 4.98 Å². The highest BCUT2D eigenvalue weighted by atomic mass is 16.5. The lowest BCUT2D eigenvalue weighted by atomic mass is 10.1. The molecule has 112 valence electrons. The van der Waals surface area contributed by atoms with Crippen LogP contribution in [0.5, 0.6) is 5.88 Å². The van der Waals surface area contributed by atoms with Crippen molar-refractivity contribution in [1.82, 2.24) is 4.98 Å². The van der Waals surface area contributed by atoms with Crippen LogP contribution in [0.25, 0.3) is 0 Å². The summed E-state index contributed by atoms with van der Waals surface area (Å²) in [6, 6.07) is 2.95. The molecule has 1 aromatic rings. The van der Waals surface area contributed by atoms with Gasteiger partial charge in [0.05, 0.1) is 24.5 Å². The summed E-state index contributed by atoms with van der Waals surface area (Å²) in [7, 11) is 1.61. The Kier molecular flexibility index (Phi) is 7.60. The number of unbranched alkanes of at least 4 members (excludes halogenated alkanes) is 1. The van der Waals surface area contributed by atoms with E-state index in [1.165, 1.54) is 0 Å². The first-order valence-corrected chi connectivity index (χ1v) is 6.81. The molecule has 0 spiro atoms. The molecule has 0 radical (unpaired) electrons. The maximum atomic E-state index is 11.8. The van der Waals surface area contributed by atoms with Crippen molar-refractivity contribution in [3.05, 3.63) is 18.3 Å². The minimum absolute atomic E-state index is 0.187. The second-order valence-electron chi connectivity index (χ2n) is 4.46. The number of carbonyl (C=O) groups is 1. The number of hydrogen-bond acceptors (Lipinski definition) is 5. The molecule has 20 heavy (non-hydrogen) atoms. The van der Waals surface area contributed by atoms with Crippen LogP contribution in [0.3, 0.4) is 0 Å². The van der Waals surface area contributed by atoms with E-state index in [1.54, 1.807) is 25.4 Å². The summed E-state index contributed by atoms with van der Waals surface area (Å²) in [4.78, 5) is 15.9. The van der Waals surface area contributed by atoms with Gasteiger partial charge in [-0.3, -0.25) is 4.79 Å². The van der Waals surface area contributed by atoms with Gasteiger partial charge in [-0.05, 0) is 12.5 Å². The van der Waals surface area contributed by atoms with Gasteiger partial charge in [0.15, 0.2) is 0 Å². The molecular formula is C14H23N3O3. The van der Waals surface area contributed by atoms with Crippen molar-refractivity contribution in [3.8, 4) is 5.88 Å². The monoisotopic (exact) mass is 281 g/mol. The fourth-order valence-electron chi connectivity index (χ4n) is 1.56. The molecule has 1 rings (SSSR count). The Balaban J connectivity index is 2.42. The Morgan fingerprint density at radius 2 is 2.25 bits per heavy atom. The summed E-state index contributed by atoms with van der Waals surface area (Å²) in [5.41, 5.74) is 6.40. The highest BCUT2D eigenvalue weighted by Crippen LogP contribution is 2.12. The molecule has 1 aromatic heterocycles. The number of carbonyl (C=O) groups excluding carboxylic acids is 1. The molecule has 0 bridgehead atoms. The summed E-state index contributed by atoms with van der Waals surface area (Å²) in [5, 5.41) is 2.74. The molecule has 1 amide bonds. The van der Waals surface area contributed by atoms with Gasteiger partial charge in [-0.1, -0.05) is 19.8 Å². The molecule has 3 N–H and O–H groups in total. The van der Waals surface area contributed by atoms with Crippen LogP contribution in [0.2, 0.25) is 0 Å². The molecule has 0 aliphatic heterocycles. The van der Waals surface area contributed by atoms with Gasteiger partial charge in [0.2, 0.25) is 11.8 Å². The summed E-state index contributed by atoms with van der Waals surface area (Å²) >= 11 is 0. The lowest BCUT2D eigenvalue weighted by molar-refractivity contribution is -0.117. The highest BCUT2D eigenvalue weighted by molar-refractivity contribution is 5.94. The third-order valence-corrected chi connectivity index (χ3v) is 2.75. The Bertz CT molecular complexity index is 395. The van der Waals surface area contributed by atoms with E-state index in [9.17, 15) is 4.79 Å². The molecule has 6 nitrogen and oxygen atoms in total. The van der Waals surface area contributed by atoms with E-state index in [-0.39, 0.29) is 5.91 Å². The van der Waals surface area contributed by atoms with Gasteiger partial charge in [0.25, 0.3) is 0 Å². The van der Waals surface area contributed by atoms with E-state index in [0.717, 1.165) is 12.8 Å². The van der Waals surface area contributed by atoms with Gasteiger partial charge >= 0.3 is 0 Å². The number of anilines is 1. The summed E-state index contributed by atoms with van der Waals surface area (Å²) in [5.74, 6) is 0.309. The van der Waals surface area contributed by atoms with Crippen LogP contribution in [-0.2, 0) is 9.53 Å². The standard InChI is InChI=1S/C14H23N3O3/c1-3-4-5-12(15)14(18)17-11-6-7-13(16-10-11)20-9-8-19-2/h6-7,10,12H,3-5,8-9,15H2,1-2H3,(H,17,18)/t12-/m0/s1. The predicted molar refractivity (Wildman–Crippen MR) is 77.7 cm³/mol. The molecule has 0 saturated heterocycles. The van der Waals surface area contributed by atoms with Crippen molar-refractivity contribution in [2.45, 2.75) is 32.2 Å². The number of amides is 1. The van der Waals surface area contributed by atoms with Crippen LogP contribution in [0, 0.1) is 0 Å². The molecule has 1 atom stereocenters. The lowest BCUT2D eigenvalue weighted by Gasteiger charge is -2.12. The van der Waals surface area contributed by atoms with Crippen molar-refractivity contribution in [2.75, 3.05) is 25.6 Å². The number of ether oxygens (including phenoxy) is 2. The third-order valence-electron chi connectivity index (χ3n) is 2.75. The Morgan fingerprint density at radius 3 is 2.85 bits per heavy atom. The smallest absolute Gasteiger partial charge is 0.241 e. The minimum atomic E-state index is -0.479. The maximum Gasteiger partial charge on any atom is 0.241 e. The molecule has 6 heteroatoms. The largest absolute Gasteiger partial charge is 0.475 e. The average molecular weight is 281 g/mol. The number of nitrogens with one attached hydrogen (secondary N) is 1. The van der Waals surface area contributed by atoms with E-state index < -0.39 is 6.04 Å². The van der Waals surface area contributed by atoms with Crippen LogP contribution in [0.15, 0.2) is 18.3 Å². The zero-order chi connectivity index (χ0) is 14.8. The zero-order valence-corrected chi connectivity index (χ0v) is 12.1. The van der Waals surface area contributed by atoms with Gasteiger partial charge in [0.1, 0.15) is 6.61 Å². The van der Waals surface area contributed by atoms with E-state index in [2.05, 4.69) is 17.2 Å². The molecule has 0 saturated carbocycles. The maximum absolute atomic E-state index is 11.8. The predicted octanol–water partition coefficient (Wildman–Crippen LogP) is 1.56. The van der Waals surface area contributed by atoms with E-state index in [4.69, 9.17) is 15.2 Å². The molecule has 0 aromatic carbocycles. The molecule has 1 heterocycles. The lowest BCUT2D eigenvalue weighted by Crippen LogP contribution is -2.35. The first kappa shape index (κ1) is 16.4. The van der Waals surface area contributed by atoms with Gasteiger partial charge in [-0.15, -0.1) is 0 Å². The normalized spacial score (nSPS) is 11.9. The highest BCUT2D eigenvalue weighted by Gasteiger charge is 2.12. The first-order valence-electron chi connectivity index (χ1n) is 6.81. The number of hydrogen-bond donors (Lipinski definition) is 2. The molecule has 0 unspecified atom stereocenters. The Hall–Kier alpha value is -1.66. The van der Waals surface area contributed by atoms with Crippen LogP contribution in [0.1, 0.15) is 26.2 Å². The van der Waals surface area contributed by atoms with Crippen molar-refractivity contribution in [3.63, 3.8) is 0 Å². The van der Waals surface area contributed by atoms with Gasteiger partial charge in [-0.2, -0.15) is 0 Å². The summed E-state index contributed by atoms with van der Waals surface area (Å²) < 4.78 is 10.2. The number of aromatic nitrogens is 1. The Labute approximate surface area is 119 Å². The second-order valence-corrected chi connectivity index (χ2v) is 4.46. The SMILES string of the molecule is CCCC[C@H](N)C(=O)Nc1ccc(OCCOC)nc1. The number of nitrogens with zero attached hydrogens (tertiary/aromatic N) is 1. The Morgan fingerprint density at radius 1 is 1.45 bits per heavy atom. The third kappa shape index (κ3) is 5.99. The summed E-state index contributed by atoms with van der Waals surface area (Å²) in [6.45, 7) is 3.01. The average Bonchev–Trinajstić information content (AvgIpc) is 2.46. The van der Waals surface area contributed by atoms with Crippen molar-refractivity contribution in [2.24, 2.45) is 5.73 Å². The van der Waals surface area contributed by atoms with Crippen LogP contribution in [-0.4, -0.2) is 37.3 Å². The number of nitrogens with two attached hydrogens (primary N) is 1. The van der Waals surface area contributed by atoms with Crippen LogP contribution >= 0.6 is 0 Å². The van der Waals surface area contributed by atoms with Crippen molar-refractivity contribution >= 4 is 11.6 Å². The van der Waals surface area contributed by atoms with Crippen LogP contribution < -0.4 is 15.8 Å². The number of rotatable bonds is 9. The van der Waals surface area contributed by atoms with Crippen molar-refractivity contribution < 1.29 is 14.3 Å². The van der Waals surface area contributed by atoms with Gasteiger partial charge < -0.3 is 20.5 Å². The topological polar surface area (TPSA) is 86.5 Å². The fourth-order valence-corrected chi connectivity index (χ4v) is 1.56. The fraction of sp³-hybridized carbons (Fsp3) is 0.571.